The molecule has 0 aliphatic heterocycles. The third kappa shape index (κ3) is 2.66. The lowest BCUT2D eigenvalue weighted by molar-refractivity contribution is 0.624. The smallest absolute Gasteiger partial charge is 0.143 e. The van der Waals surface area contributed by atoms with Crippen LogP contribution >= 0.6 is 0 Å². The molecule has 0 saturated carbocycles. The molecule has 0 aliphatic rings. The number of anilines is 1. The molecule has 0 atom stereocenters. The van der Waals surface area contributed by atoms with Crippen molar-refractivity contribution in [1.29, 1.82) is 5.26 Å². The molecule has 4 nitrogen and oxygen atoms in total. The Bertz CT molecular complexity index is 583. The van der Waals surface area contributed by atoms with Crippen molar-refractivity contribution in [3.63, 3.8) is 0 Å². The minimum Gasteiger partial charge on any atom is -0.385 e. The molecule has 5 heteroatoms. The molecule has 0 fully saturated rings. The van der Waals surface area contributed by atoms with Gasteiger partial charge in [0.1, 0.15) is 11.9 Å². The van der Waals surface area contributed by atoms with Crippen LogP contribution in [0, 0.1) is 17.1 Å². The van der Waals surface area contributed by atoms with Crippen molar-refractivity contribution < 1.29 is 4.39 Å². The molecular formula is C13H13FN4. The number of nitrogens with zero attached hydrogens (tertiary/aromatic N) is 3. The fourth-order valence-corrected chi connectivity index (χ4v) is 1.70. The van der Waals surface area contributed by atoms with Crippen molar-refractivity contribution in [2.45, 2.75) is 6.42 Å². The normalized spacial score (nSPS) is 10.1. The molecule has 0 radical (unpaired) electrons. The van der Waals surface area contributed by atoms with Gasteiger partial charge >= 0.3 is 0 Å². The van der Waals surface area contributed by atoms with Crippen LogP contribution in [0.5, 0.6) is 0 Å². The van der Waals surface area contributed by atoms with Crippen molar-refractivity contribution in [1.82, 2.24) is 9.78 Å². The molecule has 2 aromatic rings. The van der Waals surface area contributed by atoms with Gasteiger partial charge in [0.05, 0.1) is 5.56 Å². The second kappa shape index (κ2) is 5.32. The Morgan fingerprint density at radius 1 is 1.44 bits per heavy atom. The van der Waals surface area contributed by atoms with Crippen LogP contribution in [-0.2, 0) is 13.5 Å². The highest BCUT2D eigenvalue weighted by Gasteiger charge is 2.03. The van der Waals surface area contributed by atoms with Gasteiger partial charge < -0.3 is 5.32 Å². The summed E-state index contributed by atoms with van der Waals surface area (Å²) < 4.78 is 15.1. The summed E-state index contributed by atoms with van der Waals surface area (Å²) in [5, 5.41) is 15.8. The van der Waals surface area contributed by atoms with E-state index in [2.05, 4.69) is 10.4 Å². The number of nitriles is 1. The maximum Gasteiger partial charge on any atom is 0.143 e. The Kier molecular flexibility index (Phi) is 3.58. The zero-order valence-corrected chi connectivity index (χ0v) is 10.0. The molecule has 0 spiro atoms. The van der Waals surface area contributed by atoms with Gasteiger partial charge in [0, 0.05) is 37.6 Å². The number of hydrogen-bond acceptors (Lipinski definition) is 3. The minimum atomic E-state index is -0.497. The molecule has 0 bridgehead atoms. The third-order valence-corrected chi connectivity index (χ3v) is 2.72. The van der Waals surface area contributed by atoms with Gasteiger partial charge in [-0.2, -0.15) is 10.4 Å². The number of benzene rings is 1. The molecule has 1 N–H and O–H groups in total. The highest BCUT2D eigenvalue weighted by atomic mass is 19.1. The first-order valence-electron chi connectivity index (χ1n) is 5.61. The second-order valence-corrected chi connectivity index (χ2v) is 3.93. The van der Waals surface area contributed by atoms with Crippen LogP contribution in [0.1, 0.15) is 11.3 Å². The molecule has 0 saturated heterocycles. The first kappa shape index (κ1) is 12.1. The number of aromatic nitrogens is 2. The van der Waals surface area contributed by atoms with Gasteiger partial charge in [0.2, 0.25) is 0 Å². The van der Waals surface area contributed by atoms with E-state index in [0.29, 0.717) is 12.2 Å². The Balaban J connectivity index is 1.93. The van der Waals surface area contributed by atoms with Crippen LogP contribution in [0.25, 0.3) is 0 Å². The molecule has 0 amide bonds. The summed E-state index contributed by atoms with van der Waals surface area (Å²) in [7, 11) is 1.89. The molecule has 92 valence electrons. The molecule has 2 rings (SSSR count). The summed E-state index contributed by atoms with van der Waals surface area (Å²) in [5.41, 5.74) is 1.84. The van der Waals surface area contributed by atoms with Gasteiger partial charge in [-0.1, -0.05) is 0 Å². The van der Waals surface area contributed by atoms with Crippen LogP contribution in [0.4, 0.5) is 10.1 Å². The van der Waals surface area contributed by atoms with Crippen LogP contribution in [-0.4, -0.2) is 16.3 Å². The Labute approximate surface area is 105 Å². The quantitative estimate of drug-likeness (QED) is 0.896. The van der Waals surface area contributed by atoms with E-state index >= 15 is 0 Å². The fourth-order valence-electron chi connectivity index (χ4n) is 1.70. The van der Waals surface area contributed by atoms with E-state index in [9.17, 15) is 4.39 Å². The zero-order chi connectivity index (χ0) is 13.0. The first-order chi connectivity index (χ1) is 8.70. The van der Waals surface area contributed by atoms with Gasteiger partial charge in [-0.25, -0.2) is 4.39 Å². The van der Waals surface area contributed by atoms with Crippen LogP contribution < -0.4 is 5.32 Å². The molecular weight excluding hydrogens is 231 g/mol. The highest BCUT2D eigenvalue weighted by molar-refractivity contribution is 5.48. The summed E-state index contributed by atoms with van der Waals surface area (Å²) in [6.07, 6.45) is 2.55. The average molecular weight is 244 g/mol. The first-order valence-corrected chi connectivity index (χ1v) is 5.61. The van der Waals surface area contributed by atoms with Gasteiger partial charge in [-0.15, -0.1) is 0 Å². The van der Waals surface area contributed by atoms with Crippen molar-refractivity contribution >= 4 is 5.69 Å². The van der Waals surface area contributed by atoms with Crippen molar-refractivity contribution in [3.05, 3.63) is 47.5 Å². The lowest BCUT2D eigenvalue weighted by Crippen LogP contribution is -2.08. The zero-order valence-electron chi connectivity index (χ0n) is 10.0. The molecule has 1 aromatic carbocycles. The Hall–Kier alpha value is -2.35. The summed E-state index contributed by atoms with van der Waals surface area (Å²) in [4.78, 5) is 0. The van der Waals surface area contributed by atoms with E-state index in [4.69, 9.17) is 5.26 Å². The summed E-state index contributed by atoms with van der Waals surface area (Å²) in [6, 6.07) is 8.25. The molecule has 0 unspecified atom stereocenters. The topological polar surface area (TPSA) is 53.6 Å². The average Bonchev–Trinajstić information content (AvgIpc) is 2.75. The van der Waals surface area contributed by atoms with Crippen LogP contribution in [0.15, 0.2) is 30.5 Å². The van der Waals surface area contributed by atoms with Crippen LogP contribution in [0.3, 0.4) is 0 Å². The highest BCUT2D eigenvalue weighted by Crippen LogP contribution is 2.13. The molecule has 1 aromatic heterocycles. The molecule has 0 aliphatic carbocycles. The van der Waals surface area contributed by atoms with Crippen LogP contribution in [0.2, 0.25) is 0 Å². The molecule has 1 heterocycles. The predicted molar refractivity (Wildman–Crippen MR) is 66.5 cm³/mol. The minimum absolute atomic E-state index is 0.0622. The second-order valence-electron chi connectivity index (χ2n) is 3.93. The molecule has 18 heavy (non-hydrogen) atoms. The predicted octanol–water partition coefficient (Wildman–Crippen LogP) is 2.09. The number of nitrogens with one attached hydrogen (secondary N) is 1. The monoisotopic (exact) mass is 244 g/mol. The van der Waals surface area contributed by atoms with E-state index < -0.39 is 5.82 Å². The number of rotatable bonds is 4. The van der Waals surface area contributed by atoms with E-state index in [-0.39, 0.29) is 5.56 Å². The van der Waals surface area contributed by atoms with E-state index in [1.165, 1.54) is 12.1 Å². The van der Waals surface area contributed by atoms with Crippen molar-refractivity contribution in [3.8, 4) is 6.07 Å². The van der Waals surface area contributed by atoms with E-state index in [0.717, 1.165) is 12.1 Å². The number of hydrogen-bond donors (Lipinski definition) is 1. The van der Waals surface area contributed by atoms with E-state index in [1.807, 2.05) is 13.1 Å². The number of halogens is 1. The maximum absolute atomic E-state index is 13.3. The third-order valence-electron chi connectivity index (χ3n) is 2.72. The lowest BCUT2D eigenvalue weighted by Gasteiger charge is -2.07. The maximum atomic E-state index is 13.3. The lowest BCUT2D eigenvalue weighted by atomic mass is 10.2. The fraction of sp³-hybridized carbons (Fsp3) is 0.231. The van der Waals surface area contributed by atoms with Crippen molar-refractivity contribution in [2.75, 3.05) is 11.9 Å². The summed E-state index contributed by atoms with van der Waals surface area (Å²) >= 11 is 0. The summed E-state index contributed by atoms with van der Waals surface area (Å²) in [6.45, 7) is 0.685. The van der Waals surface area contributed by atoms with Gasteiger partial charge in [0.25, 0.3) is 0 Å². The van der Waals surface area contributed by atoms with Gasteiger partial charge in [0.15, 0.2) is 0 Å². The van der Waals surface area contributed by atoms with Gasteiger partial charge in [-0.05, 0) is 24.3 Å². The number of aryl methyl sites for hydroxylation is 1. The van der Waals surface area contributed by atoms with E-state index in [1.54, 1.807) is 23.0 Å². The van der Waals surface area contributed by atoms with Gasteiger partial charge in [-0.3, -0.25) is 4.68 Å². The standard InChI is InChI=1S/C13H13FN4/c1-18-12(5-7-17-18)4-6-16-11-3-2-10(9-15)13(14)8-11/h2-3,5,7-8,16H,4,6H2,1H3. The largest absolute Gasteiger partial charge is 0.385 e. The Morgan fingerprint density at radius 2 is 2.28 bits per heavy atom. The summed E-state index contributed by atoms with van der Waals surface area (Å²) in [5.74, 6) is -0.497. The SMILES string of the molecule is Cn1nccc1CCNc1ccc(C#N)c(F)c1. The van der Waals surface area contributed by atoms with Crippen molar-refractivity contribution in [2.24, 2.45) is 7.05 Å². The Morgan fingerprint density at radius 3 is 2.89 bits per heavy atom.